The summed E-state index contributed by atoms with van der Waals surface area (Å²) in [7, 11) is -1.88. The Hall–Kier alpha value is -1.40. The summed E-state index contributed by atoms with van der Waals surface area (Å²) < 4.78 is 26.1. The molecule has 1 aliphatic heterocycles. The van der Waals surface area contributed by atoms with Crippen molar-refractivity contribution in [2.24, 2.45) is 0 Å². The fourth-order valence-electron chi connectivity index (χ4n) is 1.93. The first-order chi connectivity index (χ1) is 8.43. The molecule has 0 bridgehead atoms. The zero-order valence-electron chi connectivity index (χ0n) is 10.5. The Kier molecular flexibility index (Phi) is 3.41. The van der Waals surface area contributed by atoms with Gasteiger partial charge in [0.2, 0.25) is 15.9 Å². The van der Waals surface area contributed by atoms with Gasteiger partial charge >= 0.3 is 0 Å². The average molecular weight is 268 g/mol. The molecule has 1 saturated heterocycles. The van der Waals surface area contributed by atoms with Crippen LogP contribution in [-0.2, 0) is 14.8 Å². The predicted molar refractivity (Wildman–Crippen MR) is 67.6 cm³/mol. The highest BCUT2D eigenvalue weighted by Gasteiger charge is 2.31. The first-order valence-electron chi connectivity index (χ1n) is 5.72. The fourth-order valence-corrected chi connectivity index (χ4v) is 3.53. The molecule has 0 saturated carbocycles. The third-order valence-electron chi connectivity index (χ3n) is 3.13. The van der Waals surface area contributed by atoms with Crippen LogP contribution >= 0.6 is 0 Å². The molecule has 6 heteroatoms. The van der Waals surface area contributed by atoms with Crippen LogP contribution < -0.4 is 0 Å². The van der Waals surface area contributed by atoms with Crippen molar-refractivity contribution >= 4 is 15.9 Å². The van der Waals surface area contributed by atoms with Crippen molar-refractivity contribution in [3.63, 3.8) is 0 Å². The van der Waals surface area contributed by atoms with E-state index in [-0.39, 0.29) is 17.3 Å². The van der Waals surface area contributed by atoms with E-state index in [4.69, 9.17) is 0 Å². The van der Waals surface area contributed by atoms with E-state index in [2.05, 4.69) is 0 Å². The van der Waals surface area contributed by atoms with Crippen LogP contribution in [0.1, 0.15) is 5.56 Å². The lowest BCUT2D eigenvalue weighted by Gasteiger charge is -2.31. The summed E-state index contributed by atoms with van der Waals surface area (Å²) in [5.74, 6) is -0.168. The summed E-state index contributed by atoms with van der Waals surface area (Å²) in [6, 6.07) is 6.82. The van der Waals surface area contributed by atoms with E-state index in [0.717, 1.165) is 0 Å². The zero-order valence-corrected chi connectivity index (χ0v) is 11.3. The highest BCUT2D eigenvalue weighted by atomic mass is 32.2. The van der Waals surface area contributed by atoms with Crippen molar-refractivity contribution in [3.8, 4) is 0 Å². The lowest BCUT2D eigenvalue weighted by Crippen LogP contribution is -2.50. The number of aryl methyl sites for hydroxylation is 1. The van der Waals surface area contributed by atoms with E-state index in [9.17, 15) is 13.2 Å². The Bertz CT molecular complexity index is 568. The smallest absolute Gasteiger partial charge is 0.243 e. The third-order valence-corrected chi connectivity index (χ3v) is 5.14. The van der Waals surface area contributed by atoms with Crippen molar-refractivity contribution in [2.45, 2.75) is 11.8 Å². The number of carbonyl (C=O) groups is 1. The molecule has 1 heterocycles. The van der Waals surface area contributed by atoms with Crippen LogP contribution in [0.15, 0.2) is 29.2 Å². The molecular formula is C12H16N2O3S. The molecule has 0 spiro atoms. The zero-order chi connectivity index (χ0) is 13.3. The van der Waals surface area contributed by atoms with Gasteiger partial charge in [0.05, 0.1) is 11.4 Å². The van der Waals surface area contributed by atoms with Gasteiger partial charge in [-0.1, -0.05) is 18.2 Å². The number of piperazine rings is 1. The fraction of sp³-hybridized carbons (Fsp3) is 0.417. The van der Waals surface area contributed by atoms with Crippen molar-refractivity contribution in [3.05, 3.63) is 29.8 Å². The van der Waals surface area contributed by atoms with Crippen LogP contribution in [0.2, 0.25) is 0 Å². The molecule has 0 aliphatic carbocycles. The van der Waals surface area contributed by atoms with Gasteiger partial charge in [-0.25, -0.2) is 8.42 Å². The van der Waals surface area contributed by atoms with E-state index in [0.29, 0.717) is 18.7 Å². The third kappa shape index (κ3) is 2.26. The molecule has 0 unspecified atom stereocenters. The summed E-state index contributed by atoms with van der Waals surface area (Å²) in [5.41, 5.74) is 0.698. The van der Waals surface area contributed by atoms with Gasteiger partial charge in [0.15, 0.2) is 0 Å². The molecule has 5 nitrogen and oxygen atoms in total. The quantitative estimate of drug-likeness (QED) is 0.783. The highest BCUT2D eigenvalue weighted by molar-refractivity contribution is 7.89. The van der Waals surface area contributed by atoms with Gasteiger partial charge < -0.3 is 4.90 Å². The summed E-state index contributed by atoms with van der Waals surface area (Å²) in [6.07, 6.45) is 0. The molecule has 98 valence electrons. The molecule has 0 N–H and O–H groups in total. The molecule has 1 aliphatic rings. The summed E-state index contributed by atoms with van der Waals surface area (Å²) in [5, 5.41) is 0. The molecule has 18 heavy (non-hydrogen) atoms. The minimum Gasteiger partial charge on any atom is -0.343 e. The van der Waals surface area contributed by atoms with Gasteiger partial charge in [0.1, 0.15) is 0 Å². The van der Waals surface area contributed by atoms with Crippen molar-refractivity contribution in [2.75, 3.05) is 26.7 Å². The molecule has 1 aromatic rings. The maximum Gasteiger partial charge on any atom is 0.243 e. The normalized spacial score (nSPS) is 18.1. The average Bonchev–Trinajstić information content (AvgIpc) is 2.33. The number of sulfonamides is 1. The van der Waals surface area contributed by atoms with Gasteiger partial charge in [-0.05, 0) is 18.6 Å². The van der Waals surface area contributed by atoms with Gasteiger partial charge in [0.25, 0.3) is 0 Å². The van der Waals surface area contributed by atoms with E-state index >= 15 is 0 Å². The SMILES string of the molecule is Cc1ccccc1S(=O)(=O)N1CCN(C)C(=O)C1. The molecule has 1 fully saturated rings. The van der Waals surface area contributed by atoms with Gasteiger partial charge in [-0.15, -0.1) is 0 Å². The van der Waals surface area contributed by atoms with Gasteiger partial charge in [-0.2, -0.15) is 4.31 Å². The van der Waals surface area contributed by atoms with Crippen LogP contribution in [-0.4, -0.2) is 50.2 Å². The Labute approximate surface area is 107 Å². The first kappa shape index (κ1) is 13.0. The van der Waals surface area contributed by atoms with Crippen LogP contribution in [0.3, 0.4) is 0 Å². The Balaban J connectivity index is 2.33. The van der Waals surface area contributed by atoms with Crippen LogP contribution in [0, 0.1) is 6.92 Å². The summed E-state index contributed by atoms with van der Waals surface area (Å²) in [4.78, 5) is 13.4. The Morgan fingerprint density at radius 3 is 2.44 bits per heavy atom. The highest BCUT2D eigenvalue weighted by Crippen LogP contribution is 2.20. The second-order valence-corrected chi connectivity index (χ2v) is 6.33. The maximum atomic E-state index is 12.4. The Morgan fingerprint density at radius 2 is 1.83 bits per heavy atom. The van der Waals surface area contributed by atoms with Gasteiger partial charge in [0, 0.05) is 20.1 Å². The minimum atomic E-state index is -3.56. The minimum absolute atomic E-state index is 0.0762. The number of hydrogen-bond donors (Lipinski definition) is 0. The summed E-state index contributed by atoms with van der Waals surface area (Å²) in [6.45, 7) is 2.46. The van der Waals surface area contributed by atoms with E-state index in [1.165, 1.54) is 4.31 Å². The lowest BCUT2D eigenvalue weighted by molar-refractivity contribution is -0.132. The van der Waals surface area contributed by atoms with E-state index in [1.54, 1.807) is 43.1 Å². The molecule has 2 rings (SSSR count). The van der Waals surface area contributed by atoms with Crippen LogP contribution in [0.4, 0.5) is 0 Å². The number of benzene rings is 1. The molecular weight excluding hydrogens is 252 g/mol. The second kappa shape index (κ2) is 4.70. The molecule has 0 radical (unpaired) electrons. The number of rotatable bonds is 2. The molecule has 1 aromatic carbocycles. The number of nitrogens with zero attached hydrogens (tertiary/aromatic N) is 2. The molecule has 0 aromatic heterocycles. The number of carbonyl (C=O) groups excluding carboxylic acids is 1. The largest absolute Gasteiger partial charge is 0.343 e. The maximum absolute atomic E-state index is 12.4. The first-order valence-corrected chi connectivity index (χ1v) is 7.16. The van der Waals surface area contributed by atoms with Crippen molar-refractivity contribution in [1.82, 2.24) is 9.21 Å². The monoisotopic (exact) mass is 268 g/mol. The standard InChI is InChI=1S/C12H16N2O3S/c1-10-5-3-4-6-11(10)18(16,17)14-8-7-13(2)12(15)9-14/h3-6H,7-9H2,1-2H3. The molecule has 1 amide bonds. The van der Waals surface area contributed by atoms with E-state index in [1.807, 2.05) is 0 Å². The predicted octanol–water partition coefficient (Wildman–Crippen LogP) is 0.458. The topological polar surface area (TPSA) is 57.7 Å². The molecule has 0 atom stereocenters. The number of amides is 1. The Morgan fingerprint density at radius 1 is 1.17 bits per heavy atom. The lowest BCUT2D eigenvalue weighted by atomic mass is 10.2. The van der Waals surface area contributed by atoms with Crippen LogP contribution in [0.25, 0.3) is 0 Å². The summed E-state index contributed by atoms with van der Waals surface area (Å²) >= 11 is 0. The van der Waals surface area contributed by atoms with Crippen LogP contribution in [0.5, 0.6) is 0 Å². The second-order valence-electron chi connectivity index (χ2n) is 4.42. The van der Waals surface area contributed by atoms with Crippen molar-refractivity contribution in [1.29, 1.82) is 0 Å². The number of hydrogen-bond acceptors (Lipinski definition) is 3. The van der Waals surface area contributed by atoms with Gasteiger partial charge in [-0.3, -0.25) is 4.79 Å². The number of likely N-dealkylation sites (N-methyl/N-ethyl adjacent to an activating group) is 1. The van der Waals surface area contributed by atoms with E-state index < -0.39 is 10.0 Å². The van der Waals surface area contributed by atoms with Crippen molar-refractivity contribution < 1.29 is 13.2 Å².